The topological polar surface area (TPSA) is 200 Å². The molecule has 0 aromatic heterocycles. The number of ether oxygens (including phenoxy) is 1. The fraction of sp³-hybridized carbons (Fsp3) is 0.905. The first kappa shape index (κ1) is 49.9. The van der Waals surface area contributed by atoms with E-state index in [0.717, 1.165) is 44.9 Å². The number of aliphatic hydroxyl groups excluding tert-OH is 3. The van der Waals surface area contributed by atoms with Crippen LogP contribution in [0.2, 0.25) is 0 Å². The summed E-state index contributed by atoms with van der Waals surface area (Å²) in [6.07, 6.45) is 23.2. The minimum atomic E-state index is -2.19. The van der Waals surface area contributed by atoms with Crippen LogP contribution in [0, 0.1) is 5.92 Å². The van der Waals surface area contributed by atoms with Gasteiger partial charge in [0.1, 0.15) is 18.1 Å². The Morgan fingerprint density at radius 2 is 1.06 bits per heavy atom. The first-order chi connectivity index (χ1) is 26.0. The Labute approximate surface area is 326 Å². The van der Waals surface area contributed by atoms with Crippen molar-refractivity contribution in [1.29, 1.82) is 0 Å². The van der Waals surface area contributed by atoms with Gasteiger partial charge < -0.3 is 35.4 Å². The van der Waals surface area contributed by atoms with Crippen molar-refractivity contribution in [3.05, 3.63) is 0 Å². The van der Waals surface area contributed by atoms with Gasteiger partial charge in [0.15, 0.2) is 5.78 Å². The highest BCUT2D eigenvalue weighted by atomic mass is 16.6. The monoisotopic (exact) mass is 770 g/mol. The van der Waals surface area contributed by atoms with E-state index in [0.29, 0.717) is 12.8 Å². The Kier molecular flexibility index (Phi) is 28.7. The second-order valence-electron chi connectivity index (χ2n) is 15.6. The zero-order valence-electron chi connectivity index (χ0n) is 34.1. The van der Waals surface area contributed by atoms with Gasteiger partial charge in [0, 0.05) is 19.4 Å². The second-order valence-corrected chi connectivity index (χ2v) is 15.6. The molecule has 1 fully saturated rings. The number of Topliss-reactive ketones (excluding diaryl/α,β-unsaturated/α-hetero) is 1. The molecular formula is C42H79N3O9. The van der Waals surface area contributed by atoms with Gasteiger partial charge >= 0.3 is 5.97 Å². The van der Waals surface area contributed by atoms with Crippen LogP contribution in [0.15, 0.2) is 0 Å². The van der Waals surface area contributed by atoms with E-state index in [1.165, 1.54) is 108 Å². The van der Waals surface area contributed by atoms with E-state index in [9.17, 15) is 34.5 Å². The molecule has 5 atom stereocenters. The van der Waals surface area contributed by atoms with Gasteiger partial charge in [-0.25, -0.2) is 0 Å². The lowest BCUT2D eigenvalue weighted by atomic mass is 9.82. The molecule has 0 spiro atoms. The van der Waals surface area contributed by atoms with Crippen molar-refractivity contribution in [2.45, 2.75) is 218 Å². The van der Waals surface area contributed by atoms with E-state index in [4.69, 9.17) is 15.6 Å². The van der Waals surface area contributed by atoms with Crippen LogP contribution >= 0.6 is 0 Å². The number of aliphatic carboxylic acids is 1. The highest BCUT2D eigenvalue weighted by molar-refractivity contribution is 5.90. The third-order valence-electron chi connectivity index (χ3n) is 10.9. The van der Waals surface area contributed by atoms with E-state index < -0.39 is 67.3 Å². The quantitative estimate of drug-likeness (QED) is 0.0291. The molecule has 0 aliphatic carbocycles. The van der Waals surface area contributed by atoms with Crippen LogP contribution < -0.4 is 11.1 Å². The summed E-state index contributed by atoms with van der Waals surface area (Å²) < 4.78 is 5.99. The van der Waals surface area contributed by atoms with Gasteiger partial charge in [-0.1, -0.05) is 162 Å². The highest BCUT2D eigenvalue weighted by Crippen LogP contribution is 2.36. The third kappa shape index (κ3) is 20.7. The number of hydrogen-bond donors (Lipinski definition) is 6. The van der Waals surface area contributed by atoms with Crippen molar-refractivity contribution in [3.63, 3.8) is 0 Å². The molecule has 2 amide bonds. The number of carbonyl (C=O) groups excluding carboxylic acids is 3. The average molecular weight is 770 g/mol. The SMILES string of the molecule is CCCCCCCCCCCCCCCCCC(=O)N(CCCCCCCCCCCC)[C@]1(N)O[C@H](CO)[C@@H](O)[C@H](O)[C@H]1C(=O)CNC(=O)CCC(=O)O. The molecule has 1 aliphatic rings. The Hall–Kier alpha value is -2.12. The fourth-order valence-corrected chi connectivity index (χ4v) is 7.48. The summed E-state index contributed by atoms with van der Waals surface area (Å²) in [6, 6.07) is 0. The van der Waals surface area contributed by atoms with E-state index >= 15 is 0 Å². The van der Waals surface area contributed by atoms with Crippen molar-refractivity contribution in [2.24, 2.45) is 11.7 Å². The molecular weight excluding hydrogens is 690 g/mol. The lowest BCUT2D eigenvalue weighted by Gasteiger charge is -2.52. The maximum atomic E-state index is 14.0. The van der Waals surface area contributed by atoms with Crippen LogP contribution in [0.4, 0.5) is 0 Å². The number of carbonyl (C=O) groups is 4. The molecule has 0 bridgehead atoms. The highest BCUT2D eigenvalue weighted by Gasteiger charge is 2.58. The van der Waals surface area contributed by atoms with Crippen molar-refractivity contribution in [1.82, 2.24) is 10.2 Å². The summed E-state index contributed by atoms with van der Waals surface area (Å²) in [5.41, 5.74) is 6.84. The molecule has 0 saturated carbocycles. The molecule has 0 aromatic carbocycles. The zero-order chi connectivity index (χ0) is 40.0. The molecule has 0 aromatic rings. The molecule has 0 unspecified atom stereocenters. The largest absolute Gasteiger partial charge is 0.481 e. The van der Waals surface area contributed by atoms with Crippen LogP contribution in [-0.2, 0) is 23.9 Å². The van der Waals surface area contributed by atoms with E-state index in [1.54, 1.807) is 0 Å². The lowest BCUT2D eigenvalue weighted by molar-refractivity contribution is -0.291. The van der Waals surface area contributed by atoms with Crippen molar-refractivity contribution in [2.75, 3.05) is 19.7 Å². The second kappa shape index (κ2) is 31.0. The molecule has 12 nitrogen and oxygen atoms in total. The van der Waals surface area contributed by atoms with Gasteiger partial charge in [-0.3, -0.25) is 24.9 Å². The van der Waals surface area contributed by atoms with E-state index in [1.807, 2.05) is 0 Å². The van der Waals surface area contributed by atoms with Crippen molar-refractivity contribution < 1.29 is 44.3 Å². The summed E-state index contributed by atoms with van der Waals surface area (Å²) in [6.45, 7) is 3.28. The number of carboxylic acid groups (broad SMARTS) is 1. The van der Waals surface area contributed by atoms with Gasteiger partial charge in [0.05, 0.1) is 25.7 Å². The smallest absolute Gasteiger partial charge is 0.303 e. The molecule has 7 N–H and O–H groups in total. The number of carboxylic acids is 1. The Bertz CT molecular complexity index is 1020. The van der Waals surface area contributed by atoms with Gasteiger partial charge in [-0.2, -0.15) is 0 Å². The van der Waals surface area contributed by atoms with Gasteiger partial charge in [0.25, 0.3) is 0 Å². The Morgan fingerprint density at radius 3 is 1.48 bits per heavy atom. The number of unbranched alkanes of at least 4 members (excludes halogenated alkanes) is 23. The summed E-state index contributed by atoms with van der Waals surface area (Å²) in [4.78, 5) is 52.0. The predicted octanol–water partition coefficient (Wildman–Crippen LogP) is 6.89. The normalized spacial score (nSPS) is 21.2. The Balaban J connectivity index is 2.84. The molecule has 1 aliphatic heterocycles. The zero-order valence-corrected chi connectivity index (χ0v) is 34.1. The molecule has 54 heavy (non-hydrogen) atoms. The summed E-state index contributed by atoms with van der Waals surface area (Å²) in [7, 11) is 0. The standard InChI is InChI=1S/C42H79N3O9/c1-3-5-7-9-11-13-15-16-17-18-19-20-22-24-26-28-37(49)45(31-27-25-23-21-14-12-10-8-6-4-2)42(43)39(41(53)40(52)35(33-46)54-42)34(47)32-44-36(48)29-30-38(50)51/h35,39-41,46,52-53H,3-33,43H2,1-2H3,(H,44,48)(H,50,51)/t35-,39-,40-,41-,42+/m1/s1. The molecule has 12 heteroatoms. The molecule has 1 rings (SSSR count). The van der Waals surface area contributed by atoms with Crippen molar-refractivity contribution >= 4 is 23.6 Å². The minimum absolute atomic E-state index is 0.153. The number of ketones is 1. The number of rotatable bonds is 35. The van der Waals surface area contributed by atoms with Crippen LogP contribution in [0.25, 0.3) is 0 Å². The summed E-state index contributed by atoms with van der Waals surface area (Å²) in [5, 5.41) is 43.2. The van der Waals surface area contributed by atoms with Crippen LogP contribution in [0.1, 0.15) is 194 Å². The fourth-order valence-electron chi connectivity index (χ4n) is 7.48. The average Bonchev–Trinajstić information content (AvgIpc) is 3.15. The third-order valence-corrected chi connectivity index (χ3v) is 10.9. The molecule has 0 radical (unpaired) electrons. The number of hydrogen-bond acceptors (Lipinski definition) is 9. The number of nitrogens with zero attached hydrogens (tertiary/aromatic N) is 1. The first-order valence-corrected chi connectivity index (χ1v) is 21.8. The summed E-state index contributed by atoms with van der Waals surface area (Å²) in [5.74, 6) is -6.80. The summed E-state index contributed by atoms with van der Waals surface area (Å²) >= 11 is 0. The van der Waals surface area contributed by atoms with Gasteiger partial charge in [0.2, 0.25) is 17.7 Å². The molecule has 316 valence electrons. The van der Waals surface area contributed by atoms with Crippen LogP contribution in [-0.4, -0.2) is 92.8 Å². The lowest BCUT2D eigenvalue weighted by Crippen LogP contribution is -2.75. The molecule has 1 heterocycles. The van der Waals surface area contributed by atoms with Crippen LogP contribution in [0.5, 0.6) is 0 Å². The number of nitrogens with two attached hydrogens (primary N) is 1. The van der Waals surface area contributed by atoms with Gasteiger partial charge in [-0.05, 0) is 12.8 Å². The minimum Gasteiger partial charge on any atom is -0.481 e. The van der Waals surface area contributed by atoms with Gasteiger partial charge in [-0.15, -0.1) is 0 Å². The maximum Gasteiger partial charge on any atom is 0.303 e. The first-order valence-electron chi connectivity index (χ1n) is 21.8. The van der Waals surface area contributed by atoms with Crippen LogP contribution in [0.3, 0.4) is 0 Å². The Morgan fingerprint density at radius 1 is 0.630 bits per heavy atom. The number of amides is 2. The predicted molar refractivity (Wildman–Crippen MR) is 212 cm³/mol. The maximum absolute atomic E-state index is 14.0. The van der Waals surface area contributed by atoms with Crippen molar-refractivity contribution in [3.8, 4) is 0 Å². The van der Waals surface area contributed by atoms with E-state index in [2.05, 4.69) is 19.2 Å². The molecule has 1 saturated heterocycles. The van der Waals surface area contributed by atoms with E-state index in [-0.39, 0.29) is 25.3 Å². The number of nitrogens with one attached hydrogen (secondary N) is 1. The number of aliphatic hydroxyl groups is 3.